The number of nitrogens with zero attached hydrogens (tertiary/aromatic N) is 1. The maximum atomic E-state index is 13.1. The van der Waals surface area contributed by atoms with E-state index >= 15 is 0 Å². The number of carbonyl (C=O) groups excluding carboxylic acids is 2. The third-order valence-electron chi connectivity index (χ3n) is 5.21. The van der Waals surface area contributed by atoms with Crippen LogP contribution in [-0.4, -0.2) is 42.5 Å². The Bertz CT molecular complexity index is 857. The van der Waals surface area contributed by atoms with Gasteiger partial charge in [0.2, 0.25) is 5.91 Å². The van der Waals surface area contributed by atoms with Crippen LogP contribution >= 0.6 is 0 Å². The minimum atomic E-state index is -0.201. The van der Waals surface area contributed by atoms with Gasteiger partial charge < -0.3 is 15.0 Å². The molecular weight excluding hydrogens is 352 g/mol. The zero-order valence-corrected chi connectivity index (χ0v) is 16.8. The highest BCUT2D eigenvalue weighted by Crippen LogP contribution is 2.19. The molecule has 28 heavy (non-hydrogen) atoms. The summed E-state index contributed by atoms with van der Waals surface area (Å²) in [7, 11) is 0. The molecule has 1 atom stereocenters. The normalized spacial score (nSPS) is 16.0. The molecular formula is C23H28N2O3. The summed E-state index contributed by atoms with van der Waals surface area (Å²) in [6.07, 6.45) is 1.89. The number of aryl methyl sites for hydroxylation is 2. The standard InChI is InChI=1S/C23H28N2O3/c1-16-7-4-9-19(13-16)23(27)25(14-20-10-6-12-28-20)15-22(26)24-21-11-5-8-17(2)18(21)3/h4-5,7-9,11,13,20H,6,10,12,14-15H2,1-3H3,(H,24,26). The smallest absolute Gasteiger partial charge is 0.254 e. The second kappa shape index (κ2) is 9.02. The number of amides is 2. The largest absolute Gasteiger partial charge is 0.376 e. The summed E-state index contributed by atoms with van der Waals surface area (Å²) in [4.78, 5) is 27.4. The van der Waals surface area contributed by atoms with Crippen LogP contribution in [0.4, 0.5) is 5.69 Å². The molecule has 1 aliphatic heterocycles. The van der Waals surface area contributed by atoms with Crippen molar-refractivity contribution in [1.82, 2.24) is 4.90 Å². The van der Waals surface area contributed by atoms with E-state index in [4.69, 9.17) is 4.74 Å². The molecule has 2 aromatic rings. The first-order valence-corrected chi connectivity index (χ1v) is 9.77. The van der Waals surface area contributed by atoms with Gasteiger partial charge in [-0.25, -0.2) is 0 Å². The van der Waals surface area contributed by atoms with Crippen molar-refractivity contribution in [3.05, 3.63) is 64.7 Å². The predicted octanol–water partition coefficient (Wildman–Crippen LogP) is 3.87. The predicted molar refractivity (Wildman–Crippen MR) is 111 cm³/mol. The summed E-state index contributed by atoms with van der Waals surface area (Å²) in [6, 6.07) is 13.3. The lowest BCUT2D eigenvalue weighted by atomic mass is 10.1. The maximum Gasteiger partial charge on any atom is 0.254 e. The molecule has 1 aliphatic rings. The maximum absolute atomic E-state index is 13.1. The van der Waals surface area contributed by atoms with Crippen LogP contribution in [0.2, 0.25) is 0 Å². The van der Waals surface area contributed by atoms with E-state index in [-0.39, 0.29) is 24.5 Å². The van der Waals surface area contributed by atoms with Crippen LogP contribution in [0.1, 0.15) is 39.9 Å². The number of carbonyl (C=O) groups is 2. The van der Waals surface area contributed by atoms with Gasteiger partial charge in [0, 0.05) is 24.4 Å². The lowest BCUT2D eigenvalue weighted by molar-refractivity contribution is -0.117. The quantitative estimate of drug-likeness (QED) is 0.828. The minimum Gasteiger partial charge on any atom is -0.376 e. The third kappa shape index (κ3) is 4.98. The number of ether oxygens (including phenoxy) is 1. The van der Waals surface area contributed by atoms with Gasteiger partial charge in [-0.2, -0.15) is 0 Å². The van der Waals surface area contributed by atoms with Gasteiger partial charge in [-0.15, -0.1) is 0 Å². The highest BCUT2D eigenvalue weighted by molar-refractivity contribution is 5.99. The first kappa shape index (κ1) is 20.1. The number of hydrogen-bond donors (Lipinski definition) is 1. The van der Waals surface area contributed by atoms with Crippen molar-refractivity contribution in [1.29, 1.82) is 0 Å². The fraction of sp³-hybridized carbons (Fsp3) is 0.391. The molecule has 2 aromatic carbocycles. The SMILES string of the molecule is Cc1cccc(C(=O)N(CC(=O)Nc2cccc(C)c2C)CC2CCCO2)c1. The molecule has 0 aromatic heterocycles. The van der Waals surface area contributed by atoms with E-state index in [1.165, 1.54) is 0 Å². The zero-order valence-electron chi connectivity index (χ0n) is 16.8. The number of hydrogen-bond acceptors (Lipinski definition) is 3. The highest BCUT2D eigenvalue weighted by atomic mass is 16.5. The number of benzene rings is 2. The Balaban J connectivity index is 1.75. The van der Waals surface area contributed by atoms with Crippen molar-refractivity contribution in [3.8, 4) is 0 Å². The highest BCUT2D eigenvalue weighted by Gasteiger charge is 2.25. The van der Waals surface area contributed by atoms with Crippen molar-refractivity contribution >= 4 is 17.5 Å². The summed E-state index contributed by atoms with van der Waals surface area (Å²) in [5, 5.41) is 2.95. The van der Waals surface area contributed by atoms with Crippen LogP contribution in [0.5, 0.6) is 0 Å². The minimum absolute atomic E-state index is 0.0000170. The molecule has 3 rings (SSSR count). The van der Waals surface area contributed by atoms with Crippen molar-refractivity contribution in [2.45, 2.75) is 39.7 Å². The Morgan fingerprint density at radius 1 is 1.14 bits per heavy atom. The second-order valence-electron chi connectivity index (χ2n) is 7.49. The van der Waals surface area contributed by atoms with E-state index in [9.17, 15) is 9.59 Å². The Labute approximate surface area is 166 Å². The molecule has 0 saturated carbocycles. The van der Waals surface area contributed by atoms with Crippen LogP contribution < -0.4 is 5.32 Å². The van der Waals surface area contributed by atoms with Crippen LogP contribution in [0.15, 0.2) is 42.5 Å². The van der Waals surface area contributed by atoms with Gasteiger partial charge in [-0.05, 0) is 62.9 Å². The summed E-state index contributed by atoms with van der Waals surface area (Å²) in [5.74, 6) is -0.344. The number of nitrogens with one attached hydrogen (secondary N) is 1. The molecule has 0 bridgehead atoms. The van der Waals surface area contributed by atoms with E-state index in [0.29, 0.717) is 18.7 Å². The van der Waals surface area contributed by atoms with E-state index in [1.807, 2.05) is 57.2 Å². The fourth-order valence-electron chi connectivity index (χ4n) is 3.46. The van der Waals surface area contributed by atoms with E-state index in [1.54, 1.807) is 11.0 Å². The first-order valence-electron chi connectivity index (χ1n) is 9.77. The molecule has 1 N–H and O–H groups in total. The van der Waals surface area contributed by atoms with E-state index in [2.05, 4.69) is 5.32 Å². The Kier molecular flexibility index (Phi) is 6.47. The van der Waals surface area contributed by atoms with Crippen molar-refractivity contribution < 1.29 is 14.3 Å². The Morgan fingerprint density at radius 3 is 2.64 bits per heavy atom. The summed E-state index contributed by atoms with van der Waals surface area (Å²) < 4.78 is 5.70. The molecule has 1 saturated heterocycles. The molecule has 0 aliphatic carbocycles. The number of rotatable bonds is 6. The molecule has 0 spiro atoms. The molecule has 0 radical (unpaired) electrons. The second-order valence-corrected chi connectivity index (χ2v) is 7.49. The van der Waals surface area contributed by atoms with Gasteiger partial charge in [-0.1, -0.05) is 29.8 Å². The van der Waals surface area contributed by atoms with Crippen molar-refractivity contribution in [2.75, 3.05) is 25.0 Å². The van der Waals surface area contributed by atoms with E-state index in [0.717, 1.165) is 35.2 Å². The van der Waals surface area contributed by atoms with Gasteiger partial charge in [-0.3, -0.25) is 9.59 Å². The van der Waals surface area contributed by atoms with Gasteiger partial charge >= 0.3 is 0 Å². The molecule has 148 valence electrons. The molecule has 5 heteroatoms. The Hall–Kier alpha value is -2.66. The zero-order chi connectivity index (χ0) is 20.1. The number of anilines is 1. The fourth-order valence-corrected chi connectivity index (χ4v) is 3.46. The van der Waals surface area contributed by atoms with Crippen LogP contribution in [0.3, 0.4) is 0 Å². The average molecular weight is 380 g/mol. The lowest BCUT2D eigenvalue weighted by Crippen LogP contribution is -2.42. The molecule has 2 amide bonds. The van der Waals surface area contributed by atoms with Crippen LogP contribution in [-0.2, 0) is 9.53 Å². The Morgan fingerprint density at radius 2 is 1.93 bits per heavy atom. The molecule has 1 heterocycles. The third-order valence-corrected chi connectivity index (χ3v) is 5.21. The van der Waals surface area contributed by atoms with Gasteiger partial charge in [0.15, 0.2) is 0 Å². The summed E-state index contributed by atoms with van der Waals surface area (Å²) in [6.45, 7) is 7.08. The monoisotopic (exact) mass is 380 g/mol. The van der Waals surface area contributed by atoms with Crippen LogP contribution in [0.25, 0.3) is 0 Å². The van der Waals surface area contributed by atoms with Gasteiger partial charge in [0.05, 0.1) is 6.10 Å². The lowest BCUT2D eigenvalue weighted by Gasteiger charge is -2.25. The molecule has 1 fully saturated rings. The van der Waals surface area contributed by atoms with Gasteiger partial charge in [0.1, 0.15) is 6.54 Å². The molecule has 1 unspecified atom stereocenters. The van der Waals surface area contributed by atoms with E-state index < -0.39 is 0 Å². The first-order chi connectivity index (χ1) is 13.4. The van der Waals surface area contributed by atoms with Gasteiger partial charge in [0.25, 0.3) is 5.91 Å². The van der Waals surface area contributed by atoms with Crippen molar-refractivity contribution in [3.63, 3.8) is 0 Å². The average Bonchev–Trinajstić information content (AvgIpc) is 3.17. The van der Waals surface area contributed by atoms with Crippen molar-refractivity contribution in [2.24, 2.45) is 0 Å². The topological polar surface area (TPSA) is 58.6 Å². The summed E-state index contributed by atoms with van der Waals surface area (Å²) in [5.41, 5.74) is 4.54. The molecule has 5 nitrogen and oxygen atoms in total. The summed E-state index contributed by atoms with van der Waals surface area (Å²) >= 11 is 0. The van der Waals surface area contributed by atoms with Crippen LogP contribution in [0, 0.1) is 20.8 Å².